The van der Waals surface area contributed by atoms with E-state index in [0.29, 0.717) is 40.8 Å². The van der Waals surface area contributed by atoms with Gasteiger partial charge in [0.15, 0.2) is 22.9 Å². The number of pyridine rings is 1. The van der Waals surface area contributed by atoms with Crippen molar-refractivity contribution in [1.82, 2.24) is 19.5 Å². The second-order valence-corrected chi connectivity index (χ2v) is 10.1. The van der Waals surface area contributed by atoms with Crippen LogP contribution in [0, 0.1) is 0 Å². The first kappa shape index (κ1) is 25.1. The molecule has 1 N–H and O–H groups in total. The first-order valence-electron chi connectivity index (χ1n) is 13.8. The monoisotopic (exact) mass is 547 g/mol. The fourth-order valence-electron chi connectivity index (χ4n) is 5.26. The van der Waals surface area contributed by atoms with E-state index in [4.69, 9.17) is 19.3 Å². The van der Waals surface area contributed by atoms with Crippen molar-refractivity contribution in [2.75, 3.05) is 38.4 Å². The molecule has 0 bridgehead atoms. The molecule has 7 rings (SSSR count). The van der Waals surface area contributed by atoms with Crippen LogP contribution in [0.2, 0.25) is 0 Å². The number of hydrogen-bond donors (Lipinski definition) is 1. The Balaban J connectivity index is 1.07. The molecule has 0 aliphatic carbocycles. The van der Waals surface area contributed by atoms with Gasteiger partial charge in [-0.15, -0.1) is 5.10 Å². The Bertz CT molecular complexity index is 1710. The van der Waals surface area contributed by atoms with Crippen LogP contribution < -0.4 is 19.5 Å². The molecule has 5 aromatic rings. The Hall–Kier alpha value is -4.89. The van der Waals surface area contributed by atoms with Gasteiger partial charge in [-0.05, 0) is 86.6 Å². The van der Waals surface area contributed by atoms with Gasteiger partial charge in [-0.2, -0.15) is 4.98 Å². The molecule has 9 heteroatoms. The fourth-order valence-corrected chi connectivity index (χ4v) is 5.26. The van der Waals surface area contributed by atoms with Crippen molar-refractivity contribution in [3.8, 4) is 28.5 Å². The van der Waals surface area contributed by atoms with Gasteiger partial charge < -0.3 is 19.5 Å². The highest BCUT2D eigenvalue weighted by atomic mass is 16.7. The highest BCUT2D eigenvalue weighted by molar-refractivity contribution is 6.09. The van der Waals surface area contributed by atoms with Gasteiger partial charge >= 0.3 is 0 Å². The maximum Gasteiger partial charge on any atom is 0.247 e. The van der Waals surface area contributed by atoms with Crippen LogP contribution in [0.15, 0.2) is 84.9 Å². The lowest BCUT2D eigenvalue weighted by Gasteiger charge is -2.15. The zero-order chi connectivity index (χ0) is 27.6. The normalized spacial score (nSPS) is 14.4. The number of benzene rings is 3. The Kier molecular flexibility index (Phi) is 6.70. The molecule has 0 amide bonds. The summed E-state index contributed by atoms with van der Waals surface area (Å²) in [4.78, 5) is 20.4. The van der Waals surface area contributed by atoms with Crippen molar-refractivity contribution in [2.24, 2.45) is 0 Å². The molecule has 4 heterocycles. The standard InChI is InChI=1S/C32H29N5O4/c38-31(24-9-14-28-29(20-24)41-21-40-28)23-6-3-5-22(19-23)27-7-4-8-30-34-32(35-37(27)30)33-25-10-12-26(13-11-25)39-18-17-36-15-1-2-16-36/h3-14,19-20H,1-2,15-18,21H2,(H,33,35). The van der Waals surface area contributed by atoms with E-state index in [1.165, 1.54) is 25.9 Å². The van der Waals surface area contributed by atoms with Crippen molar-refractivity contribution >= 4 is 23.1 Å². The summed E-state index contributed by atoms with van der Waals surface area (Å²) >= 11 is 0. The van der Waals surface area contributed by atoms with Gasteiger partial charge in [0, 0.05) is 28.9 Å². The summed E-state index contributed by atoms with van der Waals surface area (Å²) in [5.41, 5.74) is 4.35. The Labute approximate surface area is 237 Å². The summed E-state index contributed by atoms with van der Waals surface area (Å²) in [6, 6.07) is 26.4. The molecule has 0 saturated carbocycles. The molecule has 206 valence electrons. The van der Waals surface area contributed by atoms with Crippen molar-refractivity contribution in [3.63, 3.8) is 0 Å². The van der Waals surface area contributed by atoms with Crippen molar-refractivity contribution in [2.45, 2.75) is 12.8 Å². The van der Waals surface area contributed by atoms with E-state index in [2.05, 4.69) is 15.2 Å². The summed E-state index contributed by atoms with van der Waals surface area (Å²) in [5.74, 6) is 2.46. The van der Waals surface area contributed by atoms with E-state index in [0.717, 1.165) is 29.2 Å². The second kappa shape index (κ2) is 10.9. The lowest BCUT2D eigenvalue weighted by molar-refractivity contribution is 0.103. The fraction of sp³-hybridized carbons (Fsp3) is 0.219. The maximum absolute atomic E-state index is 13.3. The topological polar surface area (TPSA) is 90.2 Å². The quantitative estimate of drug-likeness (QED) is 0.240. The summed E-state index contributed by atoms with van der Waals surface area (Å²) in [5, 5.41) is 8.00. The highest BCUT2D eigenvalue weighted by Gasteiger charge is 2.18. The van der Waals surface area contributed by atoms with E-state index in [-0.39, 0.29) is 12.6 Å². The van der Waals surface area contributed by atoms with Gasteiger partial charge in [0.05, 0.1) is 5.69 Å². The summed E-state index contributed by atoms with van der Waals surface area (Å²) in [6.07, 6.45) is 2.57. The van der Waals surface area contributed by atoms with Crippen LogP contribution in [0.5, 0.6) is 17.2 Å². The average Bonchev–Trinajstić information content (AvgIpc) is 3.78. The molecule has 3 aromatic carbocycles. The summed E-state index contributed by atoms with van der Waals surface area (Å²) in [7, 11) is 0. The van der Waals surface area contributed by atoms with Crippen molar-refractivity contribution in [1.29, 1.82) is 0 Å². The van der Waals surface area contributed by atoms with Crippen LogP contribution in [-0.4, -0.2) is 58.3 Å². The molecule has 2 aliphatic rings. The number of ether oxygens (including phenoxy) is 3. The lowest BCUT2D eigenvalue weighted by atomic mass is 10.00. The van der Waals surface area contributed by atoms with Crippen LogP contribution in [-0.2, 0) is 0 Å². The Morgan fingerprint density at radius 2 is 1.68 bits per heavy atom. The maximum atomic E-state index is 13.3. The smallest absolute Gasteiger partial charge is 0.247 e. The minimum absolute atomic E-state index is 0.0956. The molecule has 0 spiro atoms. The summed E-state index contributed by atoms with van der Waals surface area (Å²) < 4.78 is 18.5. The van der Waals surface area contributed by atoms with Crippen molar-refractivity contribution in [3.05, 3.63) is 96.1 Å². The van der Waals surface area contributed by atoms with Crippen LogP contribution in [0.3, 0.4) is 0 Å². The molecule has 1 fully saturated rings. The van der Waals surface area contributed by atoms with Crippen LogP contribution >= 0.6 is 0 Å². The first-order valence-corrected chi connectivity index (χ1v) is 13.8. The van der Waals surface area contributed by atoms with Gasteiger partial charge in [0.1, 0.15) is 12.4 Å². The average molecular weight is 548 g/mol. The number of fused-ring (bicyclic) bond motifs is 2. The number of nitrogens with zero attached hydrogens (tertiary/aromatic N) is 4. The number of carbonyl (C=O) groups is 1. The molecule has 0 unspecified atom stereocenters. The molecule has 2 aliphatic heterocycles. The third kappa shape index (κ3) is 5.31. The molecule has 9 nitrogen and oxygen atoms in total. The zero-order valence-electron chi connectivity index (χ0n) is 22.5. The summed E-state index contributed by atoms with van der Waals surface area (Å²) in [6.45, 7) is 4.16. The number of anilines is 2. The number of likely N-dealkylation sites (tertiary alicyclic amines) is 1. The third-order valence-corrected chi connectivity index (χ3v) is 7.40. The molecule has 41 heavy (non-hydrogen) atoms. The number of nitrogens with one attached hydrogen (secondary N) is 1. The molecular weight excluding hydrogens is 518 g/mol. The van der Waals surface area contributed by atoms with Crippen LogP contribution in [0.1, 0.15) is 28.8 Å². The number of rotatable bonds is 9. The van der Waals surface area contributed by atoms with E-state index >= 15 is 0 Å². The molecule has 1 saturated heterocycles. The van der Waals surface area contributed by atoms with Gasteiger partial charge in [-0.1, -0.05) is 24.3 Å². The van der Waals surface area contributed by atoms with Crippen LogP contribution in [0.4, 0.5) is 11.6 Å². The van der Waals surface area contributed by atoms with Gasteiger partial charge in [-0.3, -0.25) is 9.69 Å². The highest BCUT2D eigenvalue weighted by Crippen LogP contribution is 2.33. The van der Waals surface area contributed by atoms with Gasteiger partial charge in [-0.25, -0.2) is 4.52 Å². The van der Waals surface area contributed by atoms with Gasteiger partial charge in [0.2, 0.25) is 12.7 Å². The first-order chi connectivity index (χ1) is 20.2. The van der Waals surface area contributed by atoms with E-state index < -0.39 is 0 Å². The SMILES string of the molecule is O=C(c1cccc(-c2cccc3nc(Nc4ccc(OCCN5CCCC5)cc4)nn23)c1)c1ccc2c(c1)OCO2. The Morgan fingerprint density at radius 1 is 0.878 bits per heavy atom. The predicted molar refractivity (Wildman–Crippen MR) is 155 cm³/mol. The number of ketones is 1. The zero-order valence-corrected chi connectivity index (χ0v) is 22.5. The predicted octanol–water partition coefficient (Wildman–Crippen LogP) is 5.57. The molecular formula is C32H29N5O4. The largest absolute Gasteiger partial charge is 0.492 e. The van der Waals surface area contributed by atoms with E-state index in [1.54, 1.807) is 22.7 Å². The molecule has 2 aromatic heterocycles. The van der Waals surface area contributed by atoms with Crippen LogP contribution in [0.25, 0.3) is 16.9 Å². The molecule has 0 radical (unpaired) electrons. The minimum atomic E-state index is -0.0956. The number of hydrogen-bond acceptors (Lipinski definition) is 8. The molecule has 0 atom stereocenters. The van der Waals surface area contributed by atoms with E-state index in [1.807, 2.05) is 66.7 Å². The third-order valence-electron chi connectivity index (χ3n) is 7.40. The van der Waals surface area contributed by atoms with Crippen molar-refractivity contribution < 1.29 is 19.0 Å². The Morgan fingerprint density at radius 3 is 2.56 bits per heavy atom. The number of aromatic nitrogens is 3. The number of carbonyl (C=O) groups excluding carboxylic acids is 1. The second-order valence-electron chi connectivity index (χ2n) is 10.1. The minimum Gasteiger partial charge on any atom is -0.492 e. The lowest BCUT2D eigenvalue weighted by Crippen LogP contribution is -2.25. The van der Waals surface area contributed by atoms with E-state index in [9.17, 15) is 4.79 Å². The van der Waals surface area contributed by atoms with Gasteiger partial charge in [0.25, 0.3) is 0 Å².